The molecule has 0 spiro atoms. The molecule has 0 saturated carbocycles. The fourth-order valence-electron chi connectivity index (χ4n) is 2.60. The molecular formula is C19H31NO. The Bertz CT molecular complexity index is 374. The minimum Gasteiger partial charge on any atom is -0.352 e. The fourth-order valence-corrected chi connectivity index (χ4v) is 2.60. The lowest BCUT2D eigenvalue weighted by Gasteiger charge is -2.16. The summed E-state index contributed by atoms with van der Waals surface area (Å²) in [6.07, 6.45) is 9.36. The molecule has 0 fully saturated rings. The zero-order valence-electron chi connectivity index (χ0n) is 13.7. The van der Waals surface area contributed by atoms with Gasteiger partial charge in [-0.3, -0.25) is 4.79 Å². The minimum absolute atomic E-state index is 0.200. The van der Waals surface area contributed by atoms with E-state index in [0.717, 1.165) is 25.7 Å². The zero-order chi connectivity index (χ0) is 15.3. The third kappa shape index (κ3) is 7.89. The van der Waals surface area contributed by atoms with Crippen LogP contribution in [0.4, 0.5) is 0 Å². The summed E-state index contributed by atoms with van der Waals surface area (Å²) in [5.74, 6) is 0.439. The first-order valence-electron chi connectivity index (χ1n) is 8.59. The maximum absolute atomic E-state index is 12.4. The highest BCUT2D eigenvalue weighted by Gasteiger charge is 2.17. The van der Waals surface area contributed by atoms with E-state index in [1.807, 2.05) is 18.2 Å². The predicted octanol–water partition coefficient (Wildman–Crippen LogP) is 5.08. The molecule has 0 aliphatic carbocycles. The third-order valence-electron chi connectivity index (χ3n) is 3.99. The average molecular weight is 289 g/mol. The van der Waals surface area contributed by atoms with Crippen molar-refractivity contribution < 1.29 is 4.79 Å². The topological polar surface area (TPSA) is 29.1 Å². The van der Waals surface area contributed by atoms with E-state index in [1.165, 1.54) is 31.2 Å². The van der Waals surface area contributed by atoms with Gasteiger partial charge < -0.3 is 5.32 Å². The highest BCUT2D eigenvalue weighted by Crippen LogP contribution is 2.18. The van der Waals surface area contributed by atoms with Gasteiger partial charge >= 0.3 is 0 Å². The second-order valence-electron chi connectivity index (χ2n) is 5.89. The van der Waals surface area contributed by atoms with Gasteiger partial charge in [0.15, 0.2) is 0 Å². The van der Waals surface area contributed by atoms with Gasteiger partial charge in [0, 0.05) is 12.5 Å². The van der Waals surface area contributed by atoms with E-state index < -0.39 is 0 Å². The van der Waals surface area contributed by atoms with Gasteiger partial charge in [-0.1, -0.05) is 82.7 Å². The van der Waals surface area contributed by atoms with E-state index in [9.17, 15) is 4.79 Å². The Hall–Kier alpha value is -1.31. The lowest BCUT2D eigenvalue weighted by Crippen LogP contribution is -2.30. The van der Waals surface area contributed by atoms with Crippen LogP contribution in [0.25, 0.3) is 0 Å². The molecule has 0 aromatic heterocycles. The number of unbranched alkanes of at least 4 members (excludes halogenated alkanes) is 4. The Kier molecular flexibility index (Phi) is 9.60. The number of carbonyl (C=O) groups is 1. The Morgan fingerprint density at radius 3 is 2.29 bits per heavy atom. The average Bonchev–Trinajstić information content (AvgIpc) is 2.53. The molecule has 0 aliphatic rings. The Labute approximate surface area is 130 Å². The van der Waals surface area contributed by atoms with Crippen LogP contribution in [-0.4, -0.2) is 5.91 Å². The van der Waals surface area contributed by atoms with Gasteiger partial charge in [0.1, 0.15) is 0 Å². The lowest BCUT2D eigenvalue weighted by atomic mass is 9.94. The molecule has 1 rings (SSSR count). The van der Waals surface area contributed by atoms with E-state index in [4.69, 9.17) is 0 Å². The third-order valence-corrected chi connectivity index (χ3v) is 3.99. The molecule has 0 saturated heterocycles. The van der Waals surface area contributed by atoms with Crippen molar-refractivity contribution in [3.63, 3.8) is 0 Å². The molecule has 0 radical (unpaired) electrons. The van der Waals surface area contributed by atoms with E-state index >= 15 is 0 Å². The van der Waals surface area contributed by atoms with Crippen molar-refractivity contribution in [3.05, 3.63) is 35.9 Å². The summed E-state index contributed by atoms with van der Waals surface area (Å²) >= 11 is 0. The SMILES string of the molecule is CCCCCC[C@@H](CCCC)C(=O)NCc1ccccc1. The van der Waals surface area contributed by atoms with Crippen LogP contribution in [0.2, 0.25) is 0 Å². The van der Waals surface area contributed by atoms with Crippen LogP contribution in [0.5, 0.6) is 0 Å². The number of nitrogens with one attached hydrogen (secondary N) is 1. The van der Waals surface area contributed by atoms with E-state index in [-0.39, 0.29) is 11.8 Å². The molecule has 21 heavy (non-hydrogen) atoms. The molecule has 0 unspecified atom stereocenters. The van der Waals surface area contributed by atoms with Gasteiger partial charge in [-0.25, -0.2) is 0 Å². The van der Waals surface area contributed by atoms with Crippen LogP contribution >= 0.6 is 0 Å². The highest BCUT2D eigenvalue weighted by atomic mass is 16.1. The van der Waals surface area contributed by atoms with Gasteiger partial charge in [-0.2, -0.15) is 0 Å². The Morgan fingerprint density at radius 1 is 0.952 bits per heavy atom. The Morgan fingerprint density at radius 2 is 1.62 bits per heavy atom. The molecule has 0 aliphatic heterocycles. The summed E-state index contributed by atoms with van der Waals surface area (Å²) in [4.78, 5) is 12.4. The Balaban J connectivity index is 2.38. The van der Waals surface area contributed by atoms with E-state index in [0.29, 0.717) is 6.54 Å². The summed E-state index contributed by atoms with van der Waals surface area (Å²) in [6.45, 7) is 5.06. The molecule has 0 heterocycles. The monoisotopic (exact) mass is 289 g/mol. The van der Waals surface area contributed by atoms with Gasteiger partial charge in [0.2, 0.25) is 5.91 Å². The number of amides is 1. The summed E-state index contributed by atoms with van der Waals surface area (Å²) in [5.41, 5.74) is 1.17. The first-order chi connectivity index (χ1) is 10.3. The normalized spacial score (nSPS) is 12.1. The van der Waals surface area contributed by atoms with Crippen LogP contribution in [0.1, 0.15) is 70.8 Å². The minimum atomic E-state index is 0.200. The van der Waals surface area contributed by atoms with Gasteiger partial charge in [0.25, 0.3) is 0 Å². The van der Waals surface area contributed by atoms with Gasteiger partial charge in [0.05, 0.1) is 0 Å². The maximum Gasteiger partial charge on any atom is 0.223 e. The highest BCUT2D eigenvalue weighted by molar-refractivity contribution is 5.78. The van der Waals surface area contributed by atoms with Crippen molar-refractivity contribution in [2.24, 2.45) is 5.92 Å². The van der Waals surface area contributed by atoms with Crippen molar-refractivity contribution >= 4 is 5.91 Å². The van der Waals surface area contributed by atoms with Crippen LogP contribution in [-0.2, 0) is 11.3 Å². The van der Waals surface area contributed by atoms with Crippen LogP contribution in [0, 0.1) is 5.92 Å². The van der Waals surface area contributed by atoms with Crippen molar-refractivity contribution in [2.45, 2.75) is 71.8 Å². The van der Waals surface area contributed by atoms with E-state index in [2.05, 4.69) is 31.3 Å². The van der Waals surface area contributed by atoms with Gasteiger partial charge in [-0.15, -0.1) is 0 Å². The van der Waals surface area contributed by atoms with Gasteiger partial charge in [-0.05, 0) is 18.4 Å². The van der Waals surface area contributed by atoms with Crippen molar-refractivity contribution in [3.8, 4) is 0 Å². The molecule has 1 amide bonds. The standard InChI is InChI=1S/C19H31NO/c1-3-5-7-11-15-18(14-6-4-2)19(21)20-16-17-12-9-8-10-13-17/h8-10,12-13,18H,3-7,11,14-16H2,1-2H3,(H,20,21)/t18-/m1/s1. The molecule has 2 heteroatoms. The maximum atomic E-state index is 12.4. The van der Waals surface area contributed by atoms with Crippen molar-refractivity contribution in [2.75, 3.05) is 0 Å². The molecule has 2 nitrogen and oxygen atoms in total. The van der Waals surface area contributed by atoms with Crippen molar-refractivity contribution in [1.29, 1.82) is 0 Å². The van der Waals surface area contributed by atoms with Crippen molar-refractivity contribution in [1.82, 2.24) is 5.32 Å². The number of rotatable bonds is 11. The molecule has 1 atom stereocenters. The lowest BCUT2D eigenvalue weighted by molar-refractivity contribution is -0.125. The first kappa shape index (κ1) is 17.7. The molecule has 0 bridgehead atoms. The molecule has 1 aromatic rings. The predicted molar refractivity (Wildman–Crippen MR) is 90.1 cm³/mol. The number of benzene rings is 1. The van der Waals surface area contributed by atoms with Crippen LogP contribution < -0.4 is 5.32 Å². The zero-order valence-corrected chi connectivity index (χ0v) is 13.7. The molecule has 1 N–H and O–H groups in total. The molecule has 118 valence electrons. The number of hydrogen-bond donors (Lipinski definition) is 1. The smallest absolute Gasteiger partial charge is 0.223 e. The molecule has 1 aromatic carbocycles. The van der Waals surface area contributed by atoms with E-state index in [1.54, 1.807) is 0 Å². The summed E-state index contributed by atoms with van der Waals surface area (Å²) in [6, 6.07) is 10.1. The first-order valence-corrected chi connectivity index (χ1v) is 8.59. The number of hydrogen-bond acceptors (Lipinski definition) is 1. The number of carbonyl (C=O) groups excluding carboxylic acids is 1. The summed E-state index contributed by atoms with van der Waals surface area (Å²) in [7, 11) is 0. The second kappa shape index (κ2) is 11.4. The quantitative estimate of drug-likeness (QED) is 0.565. The fraction of sp³-hybridized carbons (Fsp3) is 0.632. The molecular weight excluding hydrogens is 258 g/mol. The largest absolute Gasteiger partial charge is 0.352 e. The summed E-state index contributed by atoms with van der Waals surface area (Å²) < 4.78 is 0. The van der Waals surface area contributed by atoms with Crippen LogP contribution in [0.3, 0.4) is 0 Å². The second-order valence-corrected chi connectivity index (χ2v) is 5.89. The van der Waals surface area contributed by atoms with Crippen LogP contribution in [0.15, 0.2) is 30.3 Å². The summed E-state index contributed by atoms with van der Waals surface area (Å²) in [5, 5.41) is 3.11.